The van der Waals surface area contributed by atoms with Crippen LogP contribution in [0.25, 0.3) is 0 Å². The molecule has 172 valence electrons. The highest BCUT2D eigenvalue weighted by atomic mass is 19.4. The van der Waals surface area contributed by atoms with Crippen molar-refractivity contribution >= 4 is 17.8 Å². The third-order valence-electron chi connectivity index (χ3n) is 4.66. The second kappa shape index (κ2) is 10.7. The van der Waals surface area contributed by atoms with Gasteiger partial charge in [-0.15, -0.1) is 0 Å². The number of carbonyl (C=O) groups is 3. The molecule has 0 aromatic heterocycles. The van der Waals surface area contributed by atoms with E-state index in [-0.39, 0.29) is 17.7 Å². The van der Waals surface area contributed by atoms with E-state index in [1.807, 2.05) is 4.90 Å². The molecule has 2 N–H and O–H groups in total. The average molecular weight is 456 g/mol. The largest absolute Gasteiger partial charge is 0.473 e. The third kappa shape index (κ3) is 6.77. The first-order chi connectivity index (χ1) is 15.0. The molecule has 1 amide bonds. The van der Waals surface area contributed by atoms with E-state index in [1.54, 1.807) is 12.1 Å². The number of aliphatic carboxylic acids is 2. The van der Waals surface area contributed by atoms with E-state index in [0.717, 1.165) is 6.07 Å². The van der Waals surface area contributed by atoms with Crippen molar-refractivity contribution in [2.24, 2.45) is 0 Å². The average Bonchev–Trinajstić information content (AvgIpc) is 2.74. The zero-order chi connectivity index (χ0) is 23.9. The van der Waals surface area contributed by atoms with Gasteiger partial charge in [0, 0.05) is 32.7 Å². The Morgan fingerprint density at radius 2 is 1.38 bits per heavy atom. The van der Waals surface area contributed by atoms with Crippen LogP contribution in [0.15, 0.2) is 48.5 Å². The summed E-state index contributed by atoms with van der Waals surface area (Å²) in [5, 5.41) is 14.8. The van der Waals surface area contributed by atoms with Gasteiger partial charge < -0.3 is 15.1 Å². The van der Waals surface area contributed by atoms with Crippen LogP contribution in [0.5, 0.6) is 0 Å². The number of halogens is 4. The number of carboxylic acids is 2. The van der Waals surface area contributed by atoms with E-state index in [9.17, 15) is 22.4 Å². The second-order valence-electron chi connectivity index (χ2n) is 6.81. The Kier molecular flexibility index (Phi) is 8.30. The number of alkyl halides is 3. The molecule has 0 aliphatic carbocycles. The highest BCUT2D eigenvalue weighted by Gasteiger charge is 2.33. The van der Waals surface area contributed by atoms with E-state index in [1.165, 1.54) is 35.2 Å². The van der Waals surface area contributed by atoms with Crippen molar-refractivity contribution in [2.45, 2.75) is 12.7 Å². The van der Waals surface area contributed by atoms with Crippen molar-refractivity contribution in [3.63, 3.8) is 0 Å². The third-order valence-corrected chi connectivity index (χ3v) is 4.66. The van der Waals surface area contributed by atoms with Gasteiger partial charge in [-0.2, -0.15) is 13.2 Å². The number of hydrogen-bond donors (Lipinski definition) is 2. The Morgan fingerprint density at radius 1 is 0.844 bits per heavy atom. The van der Waals surface area contributed by atoms with Crippen molar-refractivity contribution in [1.29, 1.82) is 0 Å². The summed E-state index contributed by atoms with van der Waals surface area (Å²) in [6, 6.07) is 11.3. The fraction of sp³-hybridized carbons (Fsp3) is 0.286. The monoisotopic (exact) mass is 456 g/mol. The van der Waals surface area contributed by atoms with Crippen molar-refractivity contribution < 1.29 is 42.2 Å². The van der Waals surface area contributed by atoms with Crippen LogP contribution in [0.3, 0.4) is 0 Å². The van der Waals surface area contributed by atoms with Gasteiger partial charge in [0.1, 0.15) is 5.82 Å². The molecule has 2 aromatic carbocycles. The van der Waals surface area contributed by atoms with Crippen LogP contribution in [0.4, 0.5) is 17.6 Å². The summed E-state index contributed by atoms with van der Waals surface area (Å²) in [6.45, 7) is 1.74. The first-order valence-electron chi connectivity index (χ1n) is 9.38. The lowest BCUT2D eigenvalue weighted by atomic mass is 10.1. The van der Waals surface area contributed by atoms with Crippen molar-refractivity contribution in [2.75, 3.05) is 26.2 Å². The summed E-state index contributed by atoms with van der Waals surface area (Å²) in [4.78, 5) is 34.0. The quantitative estimate of drug-likeness (QED) is 0.545. The van der Waals surface area contributed by atoms with Gasteiger partial charge >= 0.3 is 18.1 Å². The molecule has 11 heteroatoms. The van der Waals surface area contributed by atoms with Gasteiger partial charge in [-0.3, -0.25) is 9.69 Å². The zero-order valence-electron chi connectivity index (χ0n) is 16.7. The summed E-state index contributed by atoms with van der Waals surface area (Å²) < 4.78 is 53.0. The maximum absolute atomic E-state index is 13.8. The van der Waals surface area contributed by atoms with Crippen LogP contribution in [-0.2, 0) is 22.3 Å². The Hall–Kier alpha value is -3.47. The SMILES string of the molecule is O=C(O)C(=O)O.O=C(c1ccccc1F)N1CCN(Cc2ccccc2C(F)(F)F)CC1. The Bertz CT molecular complexity index is 961. The van der Waals surface area contributed by atoms with E-state index >= 15 is 0 Å². The van der Waals surface area contributed by atoms with Gasteiger partial charge in [-0.05, 0) is 23.8 Å². The highest BCUT2D eigenvalue weighted by molar-refractivity contribution is 6.27. The lowest BCUT2D eigenvalue weighted by Gasteiger charge is -2.35. The predicted molar refractivity (Wildman–Crippen MR) is 104 cm³/mol. The minimum absolute atomic E-state index is 0.0170. The van der Waals surface area contributed by atoms with Crippen LogP contribution in [0, 0.1) is 5.82 Å². The standard InChI is InChI=1S/C19H18F4N2O.C2H2O4/c20-17-8-4-2-6-15(17)18(26)25-11-9-24(10-12-25)13-14-5-1-3-7-16(14)19(21,22)23;3-1(4)2(5)6/h1-8H,9-13H2;(H,3,4)(H,5,6). The Balaban J connectivity index is 0.000000534. The minimum Gasteiger partial charge on any atom is -0.473 e. The number of hydrogen-bond acceptors (Lipinski definition) is 4. The lowest BCUT2D eigenvalue weighted by molar-refractivity contribution is -0.159. The van der Waals surface area contributed by atoms with E-state index in [4.69, 9.17) is 19.8 Å². The minimum atomic E-state index is -4.39. The topological polar surface area (TPSA) is 98.1 Å². The fourth-order valence-corrected chi connectivity index (χ4v) is 3.09. The first-order valence-corrected chi connectivity index (χ1v) is 9.38. The van der Waals surface area contributed by atoms with Gasteiger partial charge in [-0.25, -0.2) is 14.0 Å². The van der Waals surface area contributed by atoms with Crippen molar-refractivity contribution in [3.05, 3.63) is 71.0 Å². The summed E-state index contributed by atoms with van der Waals surface area (Å²) in [6.07, 6.45) is -4.39. The number of benzene rings is 2. The second-order valence-corrected chi connectivity index (χ2v) is 6.81. The maximum atomic E-state index is 13.8. The molecule has 2 aromatic rings. The molecular formula is C21H20F4N2O5. The van der Waals surface area contributed by atoms with Gasteiger partial charge in [0.05, 0.1) is 11.1 Å². The number of rotatable bonds is 3. The van der Waals surface area contributed by atoms with Crippen molar-refractivity contribution in [3.8, 4) is 0 Å². The smallest absolute Gasteiger partial charge is 0.416 e. The van der Waals surface area contributed by atoms with Gasteiger partial charge in [-0.1, -0.05) is 30.3 Å². The van der Waals surface area contributed by atoms with Gasteiger partial charge in [0.25, 0.3) is 5.91 Å². The van der Waals surface area contributed by atoms with Gasteiger partial charge in [0.15, 0.2) is 0 Å². The molecule has 0 radical (unpaired) electrons. The number of carbonyl (C=O) groups excluding carboxylic acids is 1. The maximum Gasteiger partial charge on any atom is 0.416 e. The van der Waals surface area contributed by atoms with Crippen molar-refractivity contribution in [1.82, 2.24) is 9.80 Å². The van der Waals surface area contributed by atoms with Crippen LogP contribution >= 0.6 is 0 Å². The highest BCUT2D eigenvalue weighted by Crippen LogP contribution is 2.32. The normalized spacial score (nSPS) is 14.3. The summed E-state index contributed by atoms with van der Waals surface area (Å²) in [5.74, 6) is -4.61. The molecule has 32 heavy (non-hydrogen) atoms. The number of carboxylic acid groups (broad SMARTS) is 2. The molecule has 1 aliphatic heterocycles. The van der Waals surface area contributed by atoms with Crippen LogP contribution in [-0.4, -0.2) is 64.0 Å². The number of nitrogens with zero attached hydrogens (tertiary/aromatic N) is 2. The van der Waals surface area contributed by atoms with E-state index in [2.05, 4.69) is 0 Å². The first kappa shape index (κ1) is 24.8. The molecule has 1 aliphatic rings. The summed E-state index contributed by atoms with van der Waals surface area (Å²) >= 11 is 0. The zero-order valence-corrected chi connectivity index (χ0v) is 16.7. The molecule has 1 saturated heterocycles. The molecule has 7 nitrogen and oxygen atoms in total. The van der Waals surface area contributed by atoms with Crippen LogP contribution < -0.4 is 0 Å². The summed E-state index contributed by atoms with van der Waals surface area (Å²) in [5.41, 5.74) is -0.401. The Morgan fingerprint density at radius 3 is 1.91 bits per heavy atom. The molecule has 0 spiro atoms. The molecule has 3 rings (SSSR count). The lowest BCUT2D eigenvalue weighted by Crippen LogP contribution is -2.48. The summed E-state index contributed by atoms with van der Waals surface area (Å²) in [7, 11) is 0. The van der Waals surface area contributed by atoms with E-state index in [0.29, 0.717) is 26.2 Å². The van der Waals surface area contributed by atoms with Crippen LogP contribution in [0.1, 0.15) is 21.5 Å². The molecule has 0 unspecified atom stereocenters. The molecule has 0 atom stereocenters. The number of amides is 1. The molecule has 0 bridgehead atoms. The van der Waals surface area contributed by atoms with Gasteiger partial charge in [0.2, 0.25) is 0 Å². The molecule has 1 heterocycles. The number of piperazine rings is 1. The Labute approximate surface area is 180 Å². The van der Waals surface area contributed by atoms with E-state index < -0.39 is 35.4 Å². The van der Waals surface area contributed by atoms with Crippen LogP contribution in [0.2, 0.25) is 0 Å². The predicted octanol–water partition coefficient (Wildman–Crippen LogP) is 2.96. The molecule has 1 fully saturated rings. The fourth-order valence-electron chi connectivity index (χ4n) is 3.09. The molecular weight excluding hydrogens is 436 g/mol. The molecule has 0 saturated carbocycles.